The second-order valence-corrected chi connectivity index (χ2v) is 4.84. The van der Waals surface area contributed by atoms with Gasteiger partial charge < -0.3 is 5.32 Å². The van der Waals surface area contributed by atoms with Crippen molar-refractivity contribution in [2.24, 2.45) is 0 Å². The number of anilines is 1. The average Bonchev–Trinajstić information content (AvgIpc) is 2.85. The summed E-state index contributed by atoms with van der Waals surface area (Å²) in [5.74, 6) is 0.648. The van der Waals surface area contributed by atoms with Crippen LogP contribution in [-0.4, -0.2) is 10.2 Å². The van der Waals surface area contributed by atoms with Crippen LogP contribution in [0.5, 0.6) is 0 Å². The molecule has 4 nitrogen and oxygen atoms in total. The molecule has 2 aromatic rings. The molecular weight excluding hydrogens is 260 g/mol. The van der Waals surface area contributed by atoms with E-state index in [1.54, 1.807) is 6.20 Å². The van der Waals surface area contributed by atoms with Gasteiger partial charge >= 0.3 is 0 Å². The lowest BCUT2D eigenvalue weighted by Gasteiger charge is -2.25. The number of hydrogen-bond acceptors (Lipinski definition) is 3. The Morgan fingerprint density at radius 3 is 2.84 bits per heavy atom. The van der Waals surface area contributed by atoms with Crippen molar-refractivity contribution in [2.75, 3.05) is 5.32 Å². The van der Waals surface area contributed by atoms with Gasteiger partial charge in [0.25, 0.3) is 0 Å². The lowest BCUT2D eigenvalue weighted by Crippen LogP contribution is -2.16. The highest BCUT2D eigenvalue weighted by atomic mass is 35.5. The van der Waals surface area contributed by atoms with Crippen LogP contribution in [0.25, 0.3) is 0 Å². The van der Waals surface area contributed by atoms with Crippen molar-refractivity contribution in [3.8, 4) is 6.07 Å². The average molecular weight is 271 g/mol. The van der Waals surface area contributed by atoms with E-state index in [4.69, 9.17) is 11.6 Å². The minimum Gasteiger partial charge on any atom is -0.343 e. The predicted molar refractivity (Wildman–Crippen MR) is 73.8 cm³/mol. The third-order valence-corrected chi connectivity index (χ3v) is 3.67. The standard InChI is InChI=1S/C14H11ClN4/c1-8-10(6-16)13(9-4-2-3-5-12(9)15)11-7-17-19-14(11)18-8/h2-5,7,13H,1H3,(H2,17,18,19). The van der Waals surface area contributed by atoms with Crippen LogP contribution in [0.4, 0.5) is 5.82 Å². The molecule has 0 radical (unpaired) electrons. The van der Waals surface area contributed by atoms with E-state index >= 15 is 0 Å². The topological polar surface area (TPSA) is 64.5 Å². The molecule has 19 heavy (non-hydrogen) atoms. The Hall–Kier alpha value is -2.25. The molecule has 1 aliphatic heterocycles. The molecule has 0 bridgehead atoms. The third-order valence-electron chi connectivity index (χ3n) is 3.32. The molecule has 1 aliphatic rings. The van der Waals surface area contributed by atoms with Gasteiger partial charge in [-0.2, -0.15) is 10.4 Å². The lowest BCUT2D eigenvalue weighted by atomic mass is 9.83. The zero-order valence-corrected chi connectivity index (χ0v) is 11.0. The van der Waals surface area contributed by atoms with Gasteiger partial charge in [0.15, 0.2) is 0 Å². The van der Waals surface area contributed by atoms with E-state index in [2.05, 4.69) is 21.6 Å². The van der Waals surface area contributed by atoms with Crippen molar-refractivity contribution < 1.29 is 0 Å². The summed E-state index contributed by atoms with van der Waals surface area (Å²) in [6.07, 6.45) is 1.74. The number of allylic oxidation sites excluding steroid dienone is 2. The van der Waals surface area contributed by atoms with Crippen molar-refractivity contribution in [2.45, 2.75) is 12.8 Å². The highest BCUT2D eigenvalue weighted by Crippen LogP contribution is 2.42. The van der Waals surface area contributed by atoms with E-state index in [0.29, 0.717) is 10.6 Å². The minimum atomic E-state index is -0.173. The maximum Gasteiger partial charge on any atom is 0.129 e. The van der Waals surface area contributed by atoms with Crippen LogP contribution in [-0.2, 0) is 0 Å². The fraction of sp³-hybridized carbons (Fsp3) is 0.143. The summed E-state index contributed by atoms with van der Waals surface area (Å²) < 4.78 is 0. The molecule has 0 saturated heterocycles. The first-order valence-corrected chi connectivity index (χ1v) is 6.25. The molecule has 0 spiro atoms. The molecule has 0 aliphatic carbocycles. The molecule has 94 valence electrons. The molecule has 2 heterocycles. The van der Waals surface area contributed by atoms with Crippen LogP contribution >= 0.6 is 11.6 Å². The molecule has 1 aromatic carbocycles. The first-order chi connectivity index (χ1) is 9.22. The van der Waals surface area contributed by atoms with Crippen LogP contribution in [0, 0.1) is 11.3 Å². The molecule has 1 unspecified atom stereocenters. The Balaban J connectivity index is 2.24. The Labute approximate surface area is 115 Å². The van der Waals surface area contributed by atoms with Crippen molar-refractivity contribution in [1.82, 2.24) is 10.2 Å². The second kappa shape index (κ2) is 4.45. The van der Waals surface area contributed by atoms with Gasteiger partial charge in [-0.05, 0) is 18.6 Å². The number of aromatic nitrogens is 2. The molecule has 0 amide bonds. The fourth-order valence-corrected chi connectivity index (χ4v) is 2.67. The summed E-state index contributed by atoms with van der Waals surface area (Å²) >= 11 is 6.28. The van der Waals surface area contributed by atoms with Gasteiger partial charge in [0.2, 0.25) is 0 Å². The zero-order chi connectivity index (χ0) is 13.4. The van der Waals surface area contributed by atoms with E-state index in [-0.39, 0.29) is 5.92 Å². The number of aromatic amines is 1. The van der Waals surface area contributed by atoms with Gasteiger partial charge in [0, 0.05) is 16.3 Å². The Morgan fingerprint density at radius 1 is 1.32 bits per heavy atom. The normalized spacial score (nSPS) is 17.6. The highest BCUT2D eigenvalue weighted by molar-refractivity contribution is 6.31. The number of fused-ring (bicyclic) bond motifs is 1. The Bertz CT molecular complexity index is 708. The Kier molecular flexibility index (Phi) is 2.77. The van der Waals surface area contributed by atoms with Gasteiger partial charge in [0.05, 0.1) is 23.8 Å². The molecule has 1 atom stereocenters. The number of benzene rings is 1. The minimum absolute atomic E-state index is 0.173. The molecule has 2 N–H and O–H groups in total. The van der Waals surface area contributed by atoms with Crippen molar-refractivity contribution in [3.63, 3.8) is 0 Å². The van der Waals surface area contributed by atoms with Crippen LogP contribution in [0.15, 0.2) is 41.7 Å². The van der Waals surface area contributed by atoms with E-state index in [9.17, 15) is 5.26 Å². The molecular formula is C14H11ClN4. The number of halogens is 1. The summed E-state index contributed by atoms with van der Waals surface area (Å²) in [5, 5.41) is 20.2. The number of nitrogens with one attached hydrogen (secondary N) is 2. The van der Waals surface area contributed by atoms with E-state index in [1.807, 2.05) is 31.2 Å². The summed E-state index contributed by atoms with van der Waals surface area (Å²) in [5.41, 5.74) is 3.35. The first-order valence-electron chi connectivity index (χ1n) is 5.88. The summed E-state index contributed by atoms with van der Waals surface area (Å²) in [7, 11) is 0. The Morgan fingerprint density at radius 2 is 2.11 bits per heavy atom. The molecule has 5 heteroatoms. The second-order valence-electron chi connectivity index (χ2n) is 4.43. The molecule has 0 saturated carbocycles. The van der Waals surface area contributed by atoms with Crippen LogP contribution in [0.2, 0.25) is 5.02 Å². The van der Waals surface area contributed by atoms with Gasteiger partial charge in [-0.25, -0.2) is 0 Å². The smallest absolute Gasteiger partial charge is 0.129 e. The molecule has 0 fully saturated rings. The van der Waals surface area contributed by atoms with Gasteiger partial charge in [-0.3, -0.25) is 5.10 Å². The summed E-state index contributed by atoms with van der Waals surface area (Å²) in [4.78, 5) is 0. The molecule has 3 rings (SSSR count). The number of hydrogen-bond donors (Lipinski definition) is 2. The van der Waals surface area contributed by atoms with E-state index < -0.39 is 0 Å². The fourth-order valence-electron chi connectivity index (χ4n) is 2.42. The highest BCUT2D eigenvalue weighted by Gasteiger charge is 2.30. The number of nitrogens with zero attached hydrogens (tertiary/aromatic N) is 2. The van der Waals surface area contributed by atoms with Gasteiger partial charge in [0.1, 0.15) is 5.82 Å². The van der Waals surface area contributed by atoms with Gasteiger partial charge in [-0.15, -0.1) is 0 Å². The van der Waals surface area contributed by atoms with E-state index in [1.165, 1.54) is 0 Å². The quantitative estimate of drug-likeness (QED) is 0.834. The SMILES string of the molecule is CC1=C(C#N)C(c2ccccc2Cl)c2cn[nH]c2N1. The van der Waals surface area contributed by atoms with Crippen LogP contribution in [0.1, 0.15) is 24.0 Å². The third kappa shape index (κ3) is 1.79. The lowest BCUT2D eigenvalue weighted by molar-refractivity contribution is 0.939. The van der Waals surface area contributed by atoms with Crippen molar-refractivity contribution in [1.29, 1.82) is 5.26 Å². The predicted octanol–water partition coefficient (Wildman–Crippen LogP) is 3.42. The largest absolute Gasteiger partial charge is 0.343 e. The maximum atomic E-state index is 9.43. The monoisotopic (exact) mass is 270 g/mol. The zero-order valence-electron chi connectivity index (χ0n) is 10.2. The van der Waals surface area contributed by atoms with Crippen LogP contribution < -0.4 is 5.32 Å². The summed E-state index contributed by atoms with van der Waals surface area (Å²) in [6, 6.07) is 9.86. The number of H-pyrrole nitrogens is 1. The first kappa shape index (κ1) is 11.8. The van der Waals surface area contributed by atoms with Crippen molar-refractivity contribution >= 4 is 17.4 Å². The number of nitriles is 1. The van der Waals surface area contributed by atoms with Gasteiger partial charge in [-0.1, -0.05) is 29.8 Å². The van der Waals surface area contributed by atoms with Crippen molar-refractivity contribution in [3.05, 3.63) is 57.9 Å². The molecule has 1 aromatic heterocycles. The maximum absolute atomic E-state index is 9.43. The number of rotatable bonds is 1. The van der Waals surface area contributed by atoms with Crippen LogP contribution in [0.3, 0.4) is 0 Å². The summed E-state index contributed by atoms with van der Waals surface area (Å²) in [6.45, 7) is 1.88. The van der Waals surface area contributed by atoms with E-state index in [0.717, 1.165) is 22.6 Å².